The molecule has 1 aromatic heterocycles. The Morgan fingerprint density at radius 3 is 3.09 bits per heavy atom. The third kappa shape index (κ3) is 3.60. The Kier molecular flexibility index (Phi) is 4.97. The molecule has 0 spiro atoms. The van der Waals surface area contributed by atoms with E-state index in [1.165, 1.54) is 11.5 Å². The average Bonchev–Trinajstić information content (AvgIpc) is 2.95. The van der Waals surface area contributed by atoms with Gasteiger partial charge in [-0.1, -0.05) is 11.6 Å². The van der Waals surface area contributed by atoms with Crippen LogP contribution in [0.5, 0.6) is 11.5 Å². The first-order chi connectivity index (χ1) is 10.8. The minimum atomic E-state index is 0.427. The first kappa shape index (κ1) is 15.3. The molecule has 0 amide bonds. The number of aromatic nitrogens is 2. The number of hydrogen-bond acceptors (Lipinski definition) is 7. The van der Waals surface area contributed by atoms with Crippen LogP contribution in [0.4, 0.5) is 5.13 Å². The van der Waals surface area contributed by atoms with Crippen molar-refractivity contribution in [3.63, 3.8) is 0 Å². The van der Waals surface area contributed by atoms with Gasteiger partial charge in [-0.25, -0.2) is 4.98 Å². The van der Waals surface area contributed by atoms with Crippen LogP contribution >= 0.6 is 23.1 Å². The standard InChI is InChI=1S/C14H16ClN3O3S/c1-19-8-12-17-14(22-18-12)16-3-2-9-6-10(15)13-11(7-9)20-4-5-21-13/h6-7H,2-5,8H2,1H3,(H,16,17,18). The molecule has 6 nitrogen and oxygen atoms in total. The summed E-state index contributed by atoms with van der Waals surface area (Å²) in [5.41, 5.74) is 1.09. The minimum absolute atomic E-state index is 0.427. The molecular weight excluding hydrogens is 326 g/mol. The summed E-state index contributed by atoms with van der Waals surface area (Å²) in [5.74, 6) is 2.04. The van der Waals surface area contributed by atoms with Crippen LogP contribution in [0, 0.1) is 0 Å². The maximum Gasteiger partial charge on any atom is 0.202 e. The van der Waals surface area contributed by atoms with Crippen molar-refractivity contribution in [2.24, 2.45) is 0 Å². The van der Waals surface area contributed by atoms with Crippen LogP contribution < -0.4 is 14.8 Å². The van der Waals surface area contributed by atoms with E-state index in [9.17, 15) is 0 Å². The molecular formula is C14H16ClN3O3S. The van der Waals surface area contributed by atoms with E-state index in [0.717, 1.165) is 23.7 Å². The smallest absolute Gasteiger partial charge is 0.202 e. The second-order valence-electron chi connectivity index (χ2n) is 4.73. The van der Waals surface area contributed by atoms with Crippen molar-refractivity contribution in [1.82, 2.24) is 9.36 Å². The molecule has 22 heavy (non-hydrogen) atoms. The molecule has 2 heterocycles. The lowest BCUT2D eigenvalue weighted by molar-refractivity contribution is 0.171. The number of ether oxygens (including phenoxy) is 3. The highest BCUT2D eigenvalue weighted by molar-refractivity contribution is 7.09. The van der Waals surface area contributed by atoms with Crippen molar-refractivity contribution < 1.29 is 14.2 Å². The zero-order valence-electron chi connectivity index (χ0n) is 12.1. The van der Waals surface area contributed by atoms with Crippen LogP contribution in [0.2, 0.25) is 5.02 Å². The Balaban J connectivity index is 1.58. The van der Waals surface area contributed by atoms with E-state index < -0.39 is 0 Å². The van der Waals surface area contributed by atoms with Crippen LogP contribution in [-0.4, -0.2) is 36.2 Å². The second-order valence-corrected chi connectivity index (χ2v) is 5.89. The SMILES string of the molecule is COCc1nsc(NCCc2cc(Cl)c3c(c2)OCCO3)n1. The van der Waals surface area contributed by atoms with Gasteiger partial charge < -0.3 is 19.5 Å². The molecule has 8 heteroatoms. The third-order valence-electron chi connectivity index (χ3n) is 3.09. The van der Waals surface area contributed by atoms with Gasteiger partial charge >= 0.3 is 0 Å². The molecule has 2 aromatic rings. The number of methoxy groups -OCH3 is 1. The molecule has 118 valence electrons. The van der Waals surface area contributed by atoms with Crippen molar-refractivity contribution in [3.05, 3.63) is 28.5 Å². The number of rotatable bonds is 6. The molecule has 0 saturated heterocycles. The van der Waals surface area contributed by atoms with E-state index in [1.54, 1.807) is 7.11 Å². The largest absolute Gasteiger partial charge is 0.486 e. The fraction of sp³-hybridized carbons (Fsp3) is 0.429. The van der Waals surface area contributed by atoms with E-state index in [-0.39, 0.29) is 0 Å². The minimum Gasteiger partial charge on any atom is -0.486 e. The Hall–Kier alpha value is -1.57. The normalized spacial score (nSPS) is 13.2. The van der Waals surface area contributed by atoms with Crippen LogP contribution in [0.25, 0.3) is 0 Å². The predicted octanol–water partition coefficient (Wildman–Crippen LogP) is 2.76. The number of hydrogen-bond donors (Lipinski definition) is 1. The fourth-order valence-electron chi connectivity index (χ4n) is 2.14. The van der Waals surface area contributed by atoms with Gasteiger partial charge in [-0.05, 0) is 24.1 Å². The zero-order valence-corrected chi connectivity index (χ0v) is 13.7. The van der Waals surface area contributed by atoms with Crippen LogP contribution in [0.15, 0.2) is 12.1 Å². The highest BCUT2D eigenvalue weighted by Crippen LogP contribution is 2.38. The molecule has 0 fully saturated rings. The van der Waals surface area contributed by atoms with Crippen LogP contribution in [0.3, 0.4) is 0 Å². The quantitative estimate of drug-likeness (QED) is 0.871. The predicted molar refractivity (Wildman–Crippen MR) is 85.3 cm³/mol. The Bertz CT molecular complexity index is 650. The first-order valence-corrected chi connectivity index (χ1v) is 8.05. The lowest BCUT2D eigenvalue weighted by atomic mass is 10.1. The van der Waals surface area contributed by atoms with Gasteiger partial charge in [0.1, 0.15) is 19.8 Å². The van der Waals surface area contributed by atoms with Crippen molar-refractivity contribution in [2.75, 3.05) is 32.2 Å². The lowest BCUT2D eigenvalue weighted by Gasteiger charge is -2.20. The highest BCUT2D eigenvalue weighted by atomic mass is 35.5. The molecule has 1 aliphatic heterocycles. The fourth-order valence-corrected chi connectivity index (χ4v) is 3.02. The van der Waals surface area contributed by atoms with Crippen molar-refractivity contribution >= 4 is 28.3 Å². The number of anilines is 1. The van der Waals surface area contributed by atoms with Gasteiger partial charge in [0, 0.05) is 25.2 Å². The Morgan fingerprint density at radius 2 is 2.23 bits per heavy atom. The zero-order chi connectivity index (χ0) is 15.4. The molecule has 3 rings (SSSR count). The molecule has 0 atom stereocenters. The summed E-state index contributed by atoms with van der Waals surface area (Å²) >= 11 is 7.55. The van der Waals surface area contributed by atoms with E-state index in [1.807, 2.05) is 12.1 Å². The molecule has 0 aliphatic carbocycles. The van der Waals surface area contributed by atoms with Gasteiger partial charge in [-0.2, -0.15) is 4.37 Å². The maximum absolute atomic E-state index is 6.22. The third-order valence-corrected chi connectivity index (χ3v) is 4.08. The number of nitrogens with one attached hydrogen (secondary N) is 1. The summed E-state index contributed by atoms with van der Waals surface area (Å²) < 4.78 is 20.3. The van der Waals surface area contributed by atoms with Gasteiger partial charge in [0.2, 0.25) is 5.13 Å². The van der Waals surface area contributed by atoms with Crippen LogP contribution in [-0.2, 0) is 17.8 Å². The van der Waals surface area contributed by atoms with Gasteiger partial charge in [-0.3, -0.25) is 0 Å². The maximum atomic E-state index is 6.22. The van der Waals surface area contributed by atoms with Gasteiger partial charge in [-0.15, -0.1) is 0 Å². The molecule has 0 unspecified atom stereocenters. The molecule has 1 N–H and O–H groups in total. The Morgan fingerprint density at radius 1 is 1.36 bits per heavy atom. The summed E-state index contributed by atoms with van der Waals surface area (Å²) in [5, 5.41) is 4.62. The van der Waals surface area contributed by atoms with Gasteiger partial charge in [0.25, 0.3) is 0 Å². The van der Waals surface area contributed by atoms with Crippen molar-refractivity contribution in [1.29, 1.82) is 0 Å². The summed E-state index contributed by atoms with van der Waals surface area (Å²) in [6.45, 7) is 2.25. The molecule has 1 aliphatic rings. The molecule has 0 radical (unpaired) electrons. The molecule has 0 bridgehead atoms. The van der Waals surface area contributed by atoms with Gasteiger partial charge in [0.05, 0.1) is 5.02 Å². The summed E-state index contributed by atoms with van der Waals surface area (Å²) in [4.78, 5) is 4.32. The van der Waals surface area contributed by atoms with Crippen molar-refractivity contribution in [2.45, 2.75) is 13.0 Å². The van der Waals surface area contributed by atoms with Crippen molar-refractivity contribution in [3.8, 4) is 11.5 Å². The Labute approximate surface area is 137 Å². The summed E-state index contributed by atoms with van der Waals surface area (Å²) in [7, 11) is 1.62. The average molecular weight is 342 g/mol. The number of halogens is 1. The van der Waals surface area contributed by atoms with Gasteiger partial charge in [0.15, 0.2) is 17.3 Å². The first-order valence-electron chi connectivity index (χ1n) is 6.89. The topological polar surface area (TPSA) is 65.5 Å². The lowest BCUT2D eigenvalue weighted by Crippen LogP contribution is -2.16. The monoisotopic (exact) mass is 341 g/mol. The van der Waals surface area contributed by atoms with E-state index in [2.05, 4.69) is 14.7 Å². The summed E-state index contributed by atoms with van der Waals surface area (Å²) in [6, 6.07) is 3.88. The second kappa shape index (κ2) is 7.13. The number of nitrogens with zero attached hydrogens (tertiary/aromatic N) is 2. The number of benzene rings is 1. The molecule has 0 saturated carbocycles. The van der Waals surface area contributed by atoms with E-state index in [0.29, 0.717) is 42.2 Å². The van der Waals surface area contributed by atoms with E-state index >= 15 is 0 Å². The van der Waals surface area contributed by atoms with Crippen LogP contribution in [0.1, 0.15) is 11.4 Å². The molecule has 1 aromatic carbocycles. The summed E-state index contributed by atoms with van der Waals surface area (Å²) in [6.07, 6.45) is 0.801. The van der Waals surface area contributed by atoms with E-state index in [4.69, 9.17) is 25.8 Å². The highest BCUT2D eigenvalue weighted by Gasteiger charge is 2.16. The number of fused-ring (bicyclic) bond motifs is 1.